The first-order valence-corrected chi connectivity index (χ1v) is 24.5. The van der Waals surface area contributed by atoms with Crippen LogP contribution in [0, 0.1) is 0 Å². The fourth-order valence-electron chi connectivity index (χ4n) is 7.18. The summed E-state index contributed by atoms with van der Waals surface area (Å²) in [6, 6.07) is -0.646. The zero-order valence-electron chi connectivity index (χ0n) is 37.4. The highest BCUT2D eigenvalue weighted by atomic mass is 16.3. The van der Waals surface area contributed by atoms with Gasteiger partial charge >= 0.3 is 0 Å². The largest absolute Gasteiger partial charge is 0.394 e. The van der Waals surface area contributed by atoms with E-state index in [1.54, 1.807) is 6.08 Å². The lowest BCUT2D eigenvalue weighted by Crippen LogP contribution is -2.45. The van der Waals surface area contributed by atoms with Crippen molar-refractivity contribution in [1.29, 1.82) is 0 Å². The van der Waals surface area contributed by atoms with Gasteiger partial charge in [0.2, 0.25) is 5.91 Å². The van der Waals surface area contributed by atoms with Crippen molar-refractivity contribution in [3.8, 4) is 0 Å². The van der Waals surface area contributed by atoms with Gasteiger partial charge in [-0.3, -0.25) is 4.79 Å². The molecule has 0 heterocycles. The van der Waals surface area contributed by atoms with E-state index < -0.39 is 12.1 Å². The van der Waals surface area contributed by atoms with Gasteiger partial charge in [0.1, 0.15) is 0 Å². The molecule has 56 heavy (non-hydrogen) atoms. The quantitative estimate of drug-likeness (QED) is 0.0426. The summed E-state index contributed by atoms with van der Waals surface area (Å²) in [6.07, 6.45) is 66.4. The van der Waals surface area contributed by atoms with Crippen molar-refractivity contribution in [3.63, 3.8) is 0 Å². The number of unbranched alkanes of at least 4 members (excludes halogenated alkanes) is 29. The minimum Gasteiger partial charge on any atom is -0.394 e. The Kier molecular flexibility index (Phi) is 45.8. The van der Waals surface area contributed by atoms with Crippen LogP contribution in [0.2, 0.25) is 0 Å². The Morgan fingerprint density at radius 3 is 1.18 bits per heavy atom. The number of aliphatic hydroxyl groups is 2. The van der Waals surface area contributed by atoms with Gasteiger partial charge < -0.3 is 15.5 Å². The van der Waals surface area contributed by atoms with Crippen LogP contribution in [0.4, 0.5) is 0 Å². The Balaban J connectivity index is 3.51. The SMILES string of the molecule is CCCCC/C=C/CC/C=C/CC/C=C/C(O)C(CO)NC(=O)CCCCCCCCCCCCCCCCC/C=C\C/C=C\CCCCCCCCCCC. The van der Waals surface area contributed by atoms with E-state index >= 15 is 0 Å². The van der Waals surface area contributed by atoms with Gasteiger partial charge in [-0.25, -0.2) is 0 Å². The monoisotopic (exact) mass is 782 g/mol. The van der Waals surface area contributed by atoms with Crippen molar-refractivity contribution in [3.05, 3.63) is 60.8 Å². The summed E-state index contributed by atoms with van der Waals surface area (Å²) in [4.78, 5) is 12.4. The molecule has 0 aromatic carbocycles. The van der Waals surface area contributed by atoms with Crippen LogP contribution in [0.25, 0.3) is 0 Å². The minimum absolute atomic E-state index is 0.0794. The van der Waals surface area contributed by atoms with Crippen LogP contribution < -0.4 is 5.32 Å². The number of carbonyl (C=O) groups excluding carboxylic acids is 1. The maximum Gasteiger partial charge on any atom is 0.220 e. The Morgan fingerprint density at radius 2 is 0.750 bits per heavy atom. The van der Waals surface area contributed by atoms with Crippen LogP contribution in [0.15, 0.2) is 60.8 Å². The molecule has 2 unspecified atom stereocenters. The molecule has 0 bridgehead atoms. The summed E-state index contributed by atoms with van der Waals surface area (Å²) in [5.74, 6) is -0.0794. The van der Waals surface area contributed by atoms with Gasteiger partial charge in [0.25, 0.3) is 0 Å². The molecular formula is C52H95NO3. The molecule has 326 valence electrons. The molecule has 0 aliphatic rings. The maximum absolute atomic E-state index is 12.4. The third-order valence-corrected chi connectivity index (χ3v) is 11.0. The van der Waals surface area contributed by atoms with Gasteiger partial charge in [-0.1, -0.05) is 222 Å². The van der Waals surface area contributed by atoms with E-state index in [4.69, 9.17) is 0 Å². The molecule has 0 saturated carbocycles. The molecule has 1 amide bonds. The van der Waals surface area contributed by atoms with Gasteiger partial charge in [-0.2, -0.15) is 0 Å². The summed E-state index contributed by atoms with van der Waals surface area (Å²) in [6.45, 7) is 4.26. The molecule has 2 atom stereocenters. The number of hydrogen-bond donors (Lipinski definition) is 3. The lowest BCUT2D eigenvalue weighted by Gasteiger charge is -2.19. The summed E-state index contributed by atoms with van der Waals surface area (Å²) in [7, 11) is 0. The molecule has 4 nitrogen and oxygen atoms in total. The molecule has 3 N–H and O–H groups in total. The summed E-state index contributed by atoms with van der Waals surface area (Å²) in [5.41, 5.74) is 0. The maximum atomic E-state index is 12.4. The van der Waals surface area contributed by atoms with Gasteiger partial charge in [0.15, 0.2) is 0 Å². The normalized spacial score (nSPS) is 13.4. The average Bonchev–Trinajstić information content (AvgIpc) is 3.20. The Hall–Kier alpha value is -1.91. The zero-order chi connectivity index (χ0) is 40.7. The third kappa shape index (κ3) is 43.2. The van der Waals surface area contributed by atoms with E-state index in [0.717, 1.165) is 44.9 Å². The highest BCUT2D eigenvalue weighted by Gasteiger charge is 2.17. The van der Waals surface area contributed by atoms with Crippen molar-refractivity contribution < 1.29 is 15.0 Å². The lowest BCUT2D eigenvalue weighted by atomic mass is 10.0. The Morgan fingerprint density at radius 1 is 0.429 bits per heavy atom. The first-order valence-electron chi connectivity index (χ1n) is 24.5. The fourth-order valence-corrected chi connectivity index (χ4v) is 7.18. The molecule has 4 heteroatoms. The fraction of sp³-hybridized carbons (Fsp3) is 0.788. The highest BCUT2D eigenvalue weighted by molar-refractivity contribution is 5.76. The van der Waals surface area contributed by atoms with Crippen LogP contribution in [0.1, 0.15) is 245 Å². The van der Waals surface area contributed by atoms with Crippen molar-refractivity contribution >= 4 is 5.91 Å². The van der Waals surface area contributed by atoms with Crippen LogP contribution in [0.3, 0.4) is 0 Å². The first-order chi connectivity index (χ1) is 27.7. The number of nitrogens with one attached hydrogen (secondary N) is 1. The molecule has 0 fully saturated rings. The number of amides is 1. The van der Waals surface area contributed by atoms with Gasteiger partial charge in [0, 0.05) is 6.42 Å². The number of hydrogen-bond acceptors (Lipinski definition) is 3. The van der Waals surface area contributed by atoms with Crippen LogP contribution >= 0.6 is 0 Å². The zero-order valence-corrected chi connectivity index (χ0v) is 37.4. The molecule has 0 aromatic rings. The second kappa shape index (κ2) is 47.5. The topological polar surface area (TPSA) is 69.6 Å². The van der Waals surface area contributed by atoms with Gasteiger partial charge in [0.05, 0.1) is 18.8 Å². The molecule has 0 aromatic heterocycles. The molecule has 0 saturated heterocycles. The van der Waals surface area contributed by atoms with Gasteiger partial charge in [-0.15, -0.1) is 0 Å². The summed E-state index contributed by atoms with van der Waals surface area (Å²) >= 11 is 0. The molecule has 0 aliphatic carbocycles. The molecule has 0 rings (SSSR count). The standard InChI is InChI=1S/C52H95NO3/c1-3-5-7-9-11-13-15-17-18-19-20-21-22-23-24-25-26-27-28-29-30-31-32-33-34-36-38-40-42-44-46-48-52(56)53-50(49-54)51(55)47-45-43-41-39-37-35-16-14-12-10-8-6-4-2/h12,14,20-21,23-24,37,39,45,47,50-51,54-55H,3-11,13,15-19,22,25-36,38,40-44,46,48-49H2,1-2H3,(H,53,56)/b14-12+,21-20-,24-23-,39-37+,47-45+. The van der Waals surface area contributed by atoms with E-state index in [9.17, 15) is 15.0 Å². The highest BCUT2D eigenvalue weighted by Crippen LogP contribution is 2.15. The number of aliphatic hydroxyl groups excluding tert-OH is 2. The molecule has 0 radical (unpaired) electrons. The second-order valence-electron chi connectivity index (χ2n) is 16.5. The molecule has 0 spiro atoms. The third-order valence-electron chi connectivity index (χ3n) is 11.0. The van der Waals surface area contributed by atoms with Crippen molar-refractivity contribution in [1.82, 2.24) is 5.32 Å². The second-order valence-corrected chi connectivity index (χ2v) is 16.5. The predicted molar refractivity (Wildman–Crippen MR) is 248 cm³/mol. The van der Waals surface area contributed by atoms with E-state index in [-0.39, 0.29) is 12.5 Å². The van der Waals surface area contributed by atoms with Gasteiger partial charge in [-0.05, 0) is 77.0 Å². The van der Waals surface area contributed by atoms with E-state index in [2.05, 4.69) is 67.8 Å². The van der Waals surface area contributed by atoms with Crippen LogP contribution in [-0.4, -0.2) is 34.9 Å². The van der Waals surface area contributed by atoms with E-state index in [1.807, 2.05) is 6.08 Å². The number of carbonyl (C=O) groups is 1. The summed E-state index contributed by atoms with van der Waals surface area (Å²) < 4.78 is 0. The Bertz CT molecular complexity index is 934. The van der Waals surface area contributed by atoms with Crippen molar-refractivity contribution in [2.24, 2.45) is 0 Å². The Labute approximate surface area is 349 Å². The van der Waals surface area contributed by atoms with Crippen LogP contribution in [-0.2, 0) is 4.79 Å². The smallest absolute Gasteiger partial charge is 0.220 e. The lowest BCUT2D eigenvalue weighted by molar-refractivity contribution is -0.123. The summed E-state index contributed by atoms with van der Waals surface area (Å²) in [5, 5.41) is 23.0. The van der Waals surface area contributed by atoms with Crippen molar-refractivity contribution in [2.45, 2.75) is 257 Å². The first kappa shape index (κ1) is 54.1. The predicted octanol–water partition coefficient (Wildman–Crippen LogP) is 15.7. The molecule has 0 aliphatic heterocycles. The molecular weight excluding hydrogens is 687 g/mol. The average molecular weight is 782 g/mol. The van der Waals surface area contributed by atoms with E-state index in [1.165, 1.54) is 180 Å². The number of allylic oxidation sites excluding steroid dienone is 9. The minimum atomic E-state index is -0.870. The van der Waals surface area contributed by atoms with Crippen LogP contribution in [0.5, 0.6) is 0 Å². The van der Waals surface area contributed by atoms with Crippen molar-refractivity contribution in [2.75, 3.05) is 6.61 Å². The number of rotatable bonds is 44. The van der Waals surface area contributed by atoms with E-state index in [0.29, 0.717) is 6.42 Å².